The van der Waals surface area contributed by atoms with Crippen LogP contribution in [-0.2, 0) is 9.47 Å². The average molecular weight is 421 g/mol. The van der Waals surface area contributed by atoms with Gasteiger partial charge in [0.2, 0.25) is 0 Å². The fourth-order valence-electron chi connectivity index (χ4n) is 1.36. The number of thiophene rings is 1. The van der Waals surface area contributed by atoms with Gasteiger partial charge in [0, 0.05) is 9.35 Å². The summed E-state index contributed by atoms with van der Waals surface area (Å²) in [6.07, 6.45) is 0.108. The molecule has 84 valence electrons. The van der Waals surface area contributed by atoms with E-state index in [-0.39, 0.29) is 10.9 Å². The number of hydrogen-bond acceptors (Lipinski definition) is 3. The predicted molar refractivity (Wildman–Crippen MR) is 71.9 cm³/mol. The Balaban J connectivity index is 2.08. The minimum Gasteiger partial charge on any atom is -0.376 e. The maximum Gasteiger partial charge on any atom is 0.0983 e. The van der Waals surface area contributed by atoms with Crippen molar-refractivity contribution in [3.8, 4) is 0 Å². The number of halogens is 3. The summed E-state index contributed by atoms with van der Waals surface area (Å²) < 4.78 is 13.2. The normalized spacial score (nSPS) is 24.1. The zero-order chi connectivity index (χ0) is 10.8. The lowest BCUT2D eigenvalue weighted by atomic mass is 10.2. The molecule has 2 rings (SSSR count). The first-order chi connectivity index (χ1) is 7.18. The second-order valence-electron chi connectivity index (χ2n) is 3.16. The van der Waals surface area contributed by atoms with Crippen molar-refractivity contribution in [1.29, 1.82) is 0 Å². The fraction of sp³-hybridized carbons (Fsp3) is 0.556. The van der Waals surface area contributed by atoms with Crippen molar-refractivity contribution >= 4 is 59.1 Å². The third-order valence-electron chi connectivity index (χ3n) is 2.10. The van der Waals surface area contributed by atoms with E-state index in [0.29, 0.717) is 19.8 Å². The molecule has 1 aliphatic rings. The lowest BCUT2D eigenvalue weighted by molar-refractivity contribution is -0.0873. The summed E-state index contributed by atoms with van der Waals surface area (Å²) in [6, 6.07) is 2.10. The van der Waals surface area contributed by atoms with E-state index >= 15 is 0 Å². The summed E-state index contributed by atoms with van der Waals surface area (Å²) in [5, 5.41) is 0. The second kappa shape index (κ2) is 5.60. The Kier molecular flexibility index (Phi) is 4.67. The van der Waals surface area contributed by atoms with Crippen LogP contribution in [0.5, 0.6) is 0 Å². The molecule has 1 saturated heterocycles. The predicted octanol–water partition coefficient (Wildman–Crippen LogP) is 4.12. The molecule has 1 aliphatic heterocycles. The highest BCUT2D eigenvalue weighted by molar-refractivity contribution is 9.13. The molecule has 0 amide bonds. The highest BCUT2D eigenvalue weighted by Gasteiger charge is 2.26. The van der Waals surface area contributed by atoms with E-state index in [1.165, 1.54) is 4.88 Å². The maximum atomic E-state index is 5.65. The van der Waals surface area contributed by atoms with Crippen molar-refractivity contribution in [3.05, 3.63) is 19.2 Å². The molecule has 0 saturated carbocycles. The monoisotopic (exact) mass is 418 g/mol. The molecule has 15 heavy (non-hydrogen) atoms. The van der Waals surface area contributed by atoms with E-state index in [4.69, 9.17) is 9.47 Å². The van der Waals surface area contributed by atoms with Gasteiger partial charge in [-0.15, -0.1) is 11.3 Å². The van der Waals surface area contributed by atoms with Crippen LogP contribution in [0, 0.1) is 0 Å². The molecule has 0 radical (unpaired) electrons. The van der Waals surface area contributed by atoms with E-state index < -0.39 is 0 Å². The summed E-state index contributed by atoms with van der Waals surface area (Å²) in [5.41, 5.74) is 0. The molecule has 2 heterocycles. The van der Waals surface area contributed by atoms with Crippen LogP contribution in [0.25, 0.3) is 0 Å². The van der Waals surface area contributed by atoms with Crippen LogP contribution in [0.15, 0.2) is 14.3 Å². The average Bonchev–Trinajstić information content (AvgIpc) is 2.59. The molecular formula is C9H9Br3O2S. The molecule has 0 bridgehead atoms. The minimum atomic E-state index is 0.108. The van der Waals surface area contributed by atoms with Gasteiger partial charge < -0.3 is 9.47 Å². The van der Waals surface area contributed by atoms with Gasteiger partial charge in [0.15, 0.2) is 0 Å². The minimum absolute atomic E-state index is 0.108. The lowest BCUT2D eigenvalue weighted by Gasteiger charge is -2.26. The van der Waals surface area contributed by atoms with Gasteiger partial charge in [-0.2, -0.15) is 0 Å². The number of alkyl halides is 1. The quantitative estimate of drug-likeness (QED) is 0.670. The summed E-state index contributed by atoms with van der Waals surface area (Å²) >= 11 is 12.3. The first kappa shape index (κ1) is 12.5. The van der Waals surface area contributed by atoms with Gasteiger partial charge in [-0.05, 0) is 37.9 Å². The van der Waals surface area contributed by atoms with Gasteiger partial charge in [-0.25, -0.2) is 0 Å². The second-order valence-corrected chi connectivity index (χ2v) is 7.40. The zero-order valence-corrected chi connectivity index (χ0v) is 13.3. The Morgan fingerprint density at radius 3 is 2.73 bits per heavy atom. The molecule has 0 aromatic carbocycles. The molecule has 6 heteroatoms. The summed E-state index contributed by atoms with van der Waals surface area (Å²) in [5.74, 6) is 0. The van der Waals surface area contributed by atoms with E-state index in [9.17, 15) is 0 Å². The third kappa shape index (κ3) is 3.04. The lowest BCUT2D eigenvalue weighted by Crippen LogP contribution is -2.31. The van der Waals surface area contributed by atoms with Crippen molar-refractivity contribution in [2.75, 3.05) is 19.8 Å². The highest BCUT2D eigenvalue weighted by atomic mass is 79.9. The van der Waals surface area contributed by atoms with Crippen LogP contribution in [0.3, 0.4) is 0 Å². The fourth-order valence-corrected chi connectivity index (χ4v) is 4.20. The topological polar surface area (TPSA) is 18.5 Å². The van der Waals surface area contributed by atoms with Crippen molar-refractivity contribution in [1.82, 2.24) is 0 Å². The number of rotatable bonds is 2. The largest absolute Gasteiger partial charge is 0.376 e. The van der Waals surface area contributed by atoms with Crippen molar-refractivity contribution in [2.24, 2.45) is 0 Å². The van der Waals surface area contributed by atoms with E-state index in [0.717, 1.165) is 8.26 Å². The first-order valence-corrected chi connectivity index (χ1v) is 7.78. The van der Waals surface area contributed by atoms with E-state index in [1.54, 1.807) is 11.3 Å². The SMILES string of the molecule is Brc1cc(C(Br)C2COCCO2)sc1Br. The van der Waals surface area contributed by atoms with Crippen molar-refractivity contribution in [3.63, 3.8) is 0 Å². The van der Waals surface area contributed by atoms with Gasteiger partial charge in [0.25, 0.3) is 0 Å². The van der Waals surface area contributed by atoms with Gasteiger partial charge in [-0.1, -0.05) is 15.9 Å². The third-order valence-corrected chi connectivity index (χ3v) is 6.83. The number of ether oxygens (including phenoxy) is 2. The molecule has 1 fully saturated rings. The highest BCUT2D eigenvalue weighted by Crippen LogP contribution is 2.40. The smallest absolute Gasteiger partial charge is 0.0983 e. The van der Waals surface area contributed by atoms with Crippen LogP contribution < -0.4 is 0 Å². The van der Waals surface area contributed by atoms with Crippen molar-refractivity contribution in [2.45, 2.75) is 10.9 Å². The molecule has 2 atom stereocenters. The Bertz CT molecular complexity index is 317. The molecule has 0 N–H and O–H groups in total. The molecule has 1 aromatic rings. The molecule has 2 nitrogen and oxygen atoms in total. The Labute approximate surface area is 118 Å². The van der Waals surface area contributed by atoms with Crippen molar-refractivity contribution < 1.29 is 9.47 Å². The summed E-state index contributed by atoms with van der Waals surface area (Å²) in [6.45, 7) is 2.04. The Hall–Kier alpha value is 1.06. The maximum absolute atomic E-state index is 5.65. The van der Waals surface area contributed by atoms with E-state index in [1.807, 2.05) is 0 Å². The zero-order valence-electron chi connectivity index (χ0n) is 7.71. The molecule has 2 unspecified atom stereocenters. The van der Waals surface area contributed by atoms with Crippen LogP contribution in [0.2, 0.25) is 0 Å². The summed E-state index contributed by atoms with van der Waals surface area (Å²) in [4.78, 5) is 1.44. The molecular weight excluding hydrogens is 412 g/mol. The van der Waals surface area contributed by atoms with E-state index in [2.05, 4.69) is 53.9 Å². The Morgan fingerprint density at radius 2 is 2.20 bits per heavy atom. The van der Waals surface area contributed by atoms with Gasteiger partial charge in [-0.3, -0.25) is 0 Å². The van der Waals surface area contributed by atoms with Gasteiger partial charge in [0.05, 0.1) is 34.5 Å². The van der Waals surface area contributed by atoms with Crippen LogP contribution in [0.4, 0.5) is 0 Å². The number of hydrogen-bond donors (Lipinski definition) is 0. The standard InChI is InChI=1S/C9H9Br3O2S/c10-5-3-7(15-9(5)12)8(11)6-4-13-1-2-14-6/h3,6,8H,1-2,4H2. The molecule has 1 aromatic heterocycles. The molecule has 0 aliphatic carbocycles. The first-order valence-electron chi connectivity index (χ1n) is 4.46. The van der Waals surface area contributed by atoms with Gasteiger partial charge >= 0.3 is 0 Å². The van der Waals surface area contributed by atoms with Crippen LogP contribution in [0.1, 0.15) is 9.70 Å². The summed E-state index contributed by atoms with van der Waals surface area (Å²) in [7, 11) is 0. The van der Waals surface area contributed by atoms with Crippen LogP contribution >= 0.6 is 59.1 Å². The molecule has 0 spiro atoms. The Morgan fingerprint density at radius 1 is 1.40 bits per heavy atom. The van der Waals surface area contributed by atoms with Crippen LogP contribution in [-0.4, -0.2) is 25.9 Å². The van der Waals surface area contributed by atoms with Gasteiger partial charge in [0.1, 0.15) is 0 Å².